The summed E-state index contributed by atoms with van der Waals surface area (Å²) in [6, 6.07) is 8.63. The maximum atomic E-state index is 9.33. The van der Waals surface area contributed by atoms with Crippen LogP contribution < -0.4 is 0 Å². The molecule has 0 aliphatic heterocycles. The molecule has 4 heteroatoms. The van der Waals surface area contributed by atoms with Crippen LogP contribution in [0.25, 0.3) is 11.1 Å². The molecule has 2 aromatic rings. The van der Waals surface area contributed by atoms with Crippen molar-refractivity contribution in [3.05, 3.63) is 46.2 Å². The molecule has 0 saturated carbocycles. The van der Waals surface area contributed by atoms with Crippen LogP contribution >= 0.6 is 23.2 Å². The Morgan fingerprint density at radius 3 is 2.25 bits per heavy atom. The number of rotatable bonds is 1. The monoisotopic (exact) mass is 253 g/mol. The predicted octanol–water partition coefficient (Wildman–Crippen LogP) is 4.07. The van der Waals surface area contributed by atoms with Crippen LogP contribution in [0.3, 0.4) is 0 Å². The molecule has 0 radical (unpaired) electrons. The summed E-state index contributed by atoms with van der Waals surface area (Å²) in [5.41, 5.74) is 2.82. The third-order valence-corrected chi connectivity index (χ3v) is 2.67. The first-order valence-corrected chi connectivity index (χ1v) is 5.45. The molecule has 2 nitrogen and oxygen atoms in total. The zero-order chi connectivity index (χ0) is 11.7. The van der Waals surface area contributed by atoms with Crippen LogP contribution in [0, 0.1) is 6.92 Å². The summed E-state index contributed by atoms with van der Waals surface area (Å²) >= 11 is 11.7. The van der Waals surface area contributed by atoms with Crippen molar-refractivity contribution in [3.8, 4) is 16.9 Å². The van der Waals surface area contributed by atoms with E-state index in [1.165, 1.54) is 0 Å². The van der Waals surface area contributed by atoms with E-state index >= 15 is 0 Å². The second-order valence-corrected chi connectivity index (χ2v) is 4.27. The van der Waals surface area contributed by atoms with Crippen molar-refractivity contribution >= 4 is 23.2 Å². The second-order valence-electron chi connectivity index (χ2n) is 3.50. The summed E-state index contributed by atoms with van der Waals surface area (Å²) in [6.07, 6.45) is 0. The first-order valence-electron chi connectivity index (χ1n) is 4.69. The number of phenolic OH excluding ortho intramolecular Hbond substituents is 1. The smallest absolute Gasteiger partial charge is 0.131 e. The number of benzene rings is 1. The molecule has 0 unspecified atom stereocenters. The zero-order valence-corrected chi connectivity index (χ0v) is 10.0. The lowest BCUT2D eigenvalue weighted by Gasteiger charge is -2.07. The number of halogens is 2. The zero-order valence-electron chi connectivity index (χ0n) is 8.54. The SMILES string of the molecule is Cc1cc(O)ccc1-c1cc(Cl)nc(Cl)c1. The van der Waals surface area contributed by atoms with Gasteiger partial charge in [0.05, 0.1) is 0 Å². The molecule has 1 heterocycles. The van der Waals surface area contributed by atoms with E-state index in [0.29, 0.717) is 10.3 Å². The van der Waals surface area contributed by atoms with Gasteiger partial charge in [-0.1, -0.05) is 29.3 Å². The number of hydrogen-bond acceptors (Lipinski definition) is 2. The van der Waals surface area contributed by atoms with Gasteiger partial charge in [-0.3, -0.25) is 0 Å². The fourth-order valence-corrected chi connectivity index (χ4v) is 2.05. The van der Waals surface area contributed by atoms with Gasteiger partial charge < -0.3 is 5.11 Å². The Morgan fingerprint density at radius 1 is 1.06 bits per heavy atom. The molecular formula is C12H9Cl2NO. The van der Waals surface area contributed by atoms with Crippen molar-refractivity contribution in [2.24, 2.45) is 0 Å². The highest BCUT2D eigenvalue weighted by Gasteiger charge is 2.05. The Labute approximate surface area is 103 Å². The highest BCUT2D eigenvalue weighted by Crippen LogP contribution is 2.29. The molecule has 16 heavy (non-hydrogen) atoms. The molecule has 0 bridgehead atoms. The van der Waals surface area contributed by atoms with Gasteiger partial charge in [0.25, 0.3) is 0 Å². The third kappa shape index (κ3) is 2.29. The lowest BCUT2D eigenvalue weighted by molar-refractivity contribution is 0.475. The predicted molar refractivity (Wildman–Crippen MR) is 66.1 cm³/mol. The molecular weight excluding hydrogens is 245 g/mol. The molecule has 1 aromatic heterocycles. The van der Waals surface area contributed by atoms with Crippen molar-refractivity contribution in [1.82, 2.24) is 4.98 Å². The number of phenols is 1. The quantitative estimate of drug-likeness (QED) is 0.778. The van der Waals surface area contributed by atoms with Crippen molar-refractivity contribution in [2.75, 3.05) is 0 Å². The summed E-state index contributed by atoms with van der Waals surface area (Å²) in [4.78, 5) is 3.89. The summed E-state index contributed by atoms with van der Waals surface area (Å²) in [7, 11) is 0. The second kappa shape index (κ2) is 4.32. The molecule has 0 atom stereocenters. The normalized spacial score (nSPS) is 10.4. The van der Waals surface area contributed by atoms with Gasteiger partial charge in [-0.05, 0) is 47.9 Å². The van der Waals surface area contributed by atoms with E-state index in [-0.39, 0.29) is 5.75 Å². The fraction of sp³-hybridized carbons (Fsp3) is 0.0833. The average Bonchev–Trinajstić information content (AvgIpc) is 2.15. The fourth-order valence-electron chi connectivity index (χ4n) is 1.59. The Morgan fingerprint density at radius 2 is 1.69 bits per heavy atom. The summed E-state index contributed by atoms with van der Waals surface area (Å²) in [5, 5.41) is 10.0. The average molecular weight is 254 g/mol. The van der Waals surface area contributed by atoms with Gasteiger partial charge in [0.2, 0.25) is 0 Å². The van der Waals surface area contributed by atoms with Gasteiger partial charge in [-0.2, -0.15) is 0 Å². The molecule has 0 aliphatic carbocycles. The number of aromatic hydroxyl groups is 1. The molecule has 2 rings (SSSR count). The molecule has 1 N–H and O–H groups in total. The Kier molecular flexibility index (Phi) is 3.03. The Bertz CT molecular complexity index is 520. The van der Waals surface area contributed by atoms with Crippen LogP contribution in [0.1, 0.15) is 5.56 Å². The molecule has 0 aliphatic rings. The van der Waals surface area contributed by atoms with Crippen LogP contribution in [0.5, 0.6) is 5.75 Å². The topological polar surface area (TPSA) is 33.1 Å². The van der Waals surface area contributed by atoms with Crippen LogP contribution in [-0.2, 0) is 0 Å². The number of aryl methyl sites for hydroxylation is 1. The van der Waals surface area contributed by atoms with Crippen molar-refractivity contribution in [1.29, 1.82) is 0 Å². The maximum absolute atomic E-state index is 9.33. The highest BCUT2D eigenvalue weighted by molar-refractivity contribution is 6.32. The largest absolute Gasteiger partial charge is 0.508 e. The van der Waals surface area contributed by atoms with Crippen LogP contribution in [0.15, 0.2) is 30.3 Å². The van der Waals surface area contributed by atoms with Gasteiger partial charge in [0.15, 0.2) is 0 Å². The third-order valence-electron chi connectivity index (χ3n) is 2.28. The van der Waals surface area contributed by atoms with E-state index in [1.54, 1.807) is 24.3 Å². The Hall–Kier alpha value is -1.25. The number of nitrogens with zero attached hydrogens (tertiary/aromatic N) is 1. The molecule has 0 spiro atoms. The lowest BCUT2D eigenvalue weighted by Crippen LogP contribution is -1.85. The van der Waals surface area contributed by atoms with E-state index in [2.05, 4.69) is 4.98 Å². The molecule has 82 valence electrons. The van der Waals surface area contributed by atoms with E-state index in [0.717, 1.165) is 16.7 Å². The highest BCUT2D eigenvalue weighted by atomic mass is 35.5. The molecule has 0 fully saturated rings. The van der Waals surface area contributed by atoms with Gasteiger partial charge in [0, 0.05) is 0 Å². The minimum absolute atomic E-state index is 0.243. The van der Waals surface area contributed by atoms with Crippen LogP contribution in [0.2, 0.25) is 10.3 Å². The van der Waals surface area contributed by atoms with E-state index in [4.69, 9.17) is 23.2 Å². The van der Waals surface area contributed by atoms with Gasteiger partial charge >= 0.3 is 0 Å². The minimum atomic E-state index is 0.243. The number of aromatic nitrogens is 1. The van der Waals surface area contributed by atoms with Crippen molar-refractivity contribution in [3.63, 3.8) is 0 Å². The van der Waals surface area contributed by atoms with Crippen LogP contribution in [-0.4, -0.2) is 10.1 Å². The molecule has 0 saturated heterocycles. The van der Waals surface area contributed by atoms with Crippen LogP contribution in [0.4, 0.5) is 0 Å². The summed E-state index contributed by atoms with van der Waals surface area (Å²) in [5.74, 6) is 0.243. The maximum Gasteiger partial charge on any atom is 0.131 e. The van der Waals surface area contributed by atoms with Crippen molar-refractivity contribution in [2.45, 2.75) is 6.92 Å². The van der Waals surface area contributed by atoms with E-state index in [1.807, 2.05) is 13.0 Å². The number of pyridine rings is 1. The van der Waals surface area contributed by atoms with Gasteiger partial charge in [0.1, 0.15) is 16.1 Å². The molecule has 1 aromatic carbocycles. The van der Waals surface area contributed by atoms with Crippen molar-refractivity contribution < 1.29 is 5.11 Å². The van der Waals surface area contributed by atoms with E-state index < -0.39 is 0 Å². The first-order chi connectivity index (χ1) is 7.56. The first kappa shape index (κ1) is 11.2. The Balaban J connectivity index is 2.58. The number of hydrogen-bond donors (Lipinski definition) is 1. The van der Waals surface area contributed by atoms with Gasteiger partial charge in [-0.25, -0.2) is 4.98 Å². The standard InChI is InChI=1S/C12H9Cl2NO/c1-7-4-9(16)2-3-10(7)8-5-11(13)15-12(14)6-8/h2-6,16H,1H3. The van der Waals surface area contributed by atoms with E-state index in [9.17, 15) is 5.11 Å². The summed E-state index contributed by atoms with van der Waals surface area (Å²) in [6.45, 7) is 1.91. The minimum Gasteiger partial charge on any atom is -0.508 e. The summed E-state index contributed by atoms with van der Waals surface area (Å²) < 4.78 is 0. The van der Waals surface area contributed by atoms with Gasteiger partial charge in [-0.15, -0.1) is 0 Å². The molecule has 0 amide bonds. The lowest BCUT2D eigenvalue weighted by atomic mass is 10.0.